The van der Waals surface area contributed by atoms with Gasteiger partial charge in [0.1, 0.15) is 21.3 Å². The number of benzene rings is 1. The van der Waals surface area contributed by atoms with Crippen LogP contribution >= 0.6 is 0 Å². The first kappa shape index (κ1) is 12.9. The van der Waals surface area contributed by atoms with Gasteiger partial charge in [0.15, 0.2) is 6.61 Å². The zero-order chi connectivity index (χ0) is 13.2. The predicted octanol–water partition coefficient (Wildman–Crippen LogP) is 1.08. The van der Waals surface area contributed by atoms with Gasteiger partial charge in [-0.15, -0.1) is 0 Å². The summed E-state index contributed by atoms with van der Waals surface area (Å²) in [5, 5.41) is 0. The van der Waals surface area contributed by atoms with Crippen LogP contribution in [0.3, 0.4) is 0 Å². The Morgan fingerprint density at radius 2 is 2.17 bits per heavy atom. The molecule has 0 radical (unpaired) electrons. The Kier molecular flexibility index (Phi) is 3.56. The van der Waals surface area contributed by atoms with E-state index in [-0.39, 0.29) is 18.1 Å². The van der Waals surface area contributed by atoms with E-state index in [4.69, 9.17) is 9.47 Å². The fourth-order valence-corrected chi connectivity index (χ4v) is 2.32. The predicted molar refractivity (Wildman–Crippen MR) is 66.1 cm³/mol. The summed E-state index contributed by atoms with van der Waals surface area (Å²) in [6.07, 6.45) is 1.64. The minimum absolute atomic E-state index is 0.0337. The molecule has 0 spiro atoms. The first-order valence-corrected chi connectivity index (χ1v) is 7.62. The molecule has 1 aliphatic rings. The van der Waals surface area contributed by atoms with Crippen molar-refractivity contribution in [2.75, 3.05) is 25.2 Å². The molecular formula is C12H14O5S. The lowest BCUT2D eigenvalue weighted by atomic mass is 10.1. The van der Waals surface area contributed by atoms with E-state index in [1.54, 1.807) is 18.2 Å². The maximum absolute atomic E-state index is 11.3. The molecule has 0 saturated carbocycles. The highest BCUT2D eigenvalue weighted by Gasteiger charge is 2.21. The number of fused-ring (bicyclic) bond motifs is 1. The SMILES string of the molecule is CS(=O)(=O)CCCOc1ccc2c(c1)OCC2=O. The minimum Gasteiger partial charge on any atom is -0.493 e. The topological polar surface area (TPSA) is 69.7 Å². The molecule has 0 amide bonds. The number of carbonyl (C=O) groups is 1. The maximum atomic E-state index is 11.3. The summed E-state index contributed by atoms with van der Waals surface area (Å²) in [4.78, 5) is 11.3. The third-order valence-electron chi connectivity index (χ3n) is 2.54. The molecule has 0 saturated heterocycles. The third-order valence-corrected chi connectivity index (χ3v) is 3.57. The van der Waals surface area contributed by atoms with Gasteiger partial charge in [0.25, 0.3) is 0 Å². The van der Waals surface area contributed by atoms with E-state index in [1.807, 2.05) is 0 Å². The fourth-order valence-electron chi connectivity index (χ4n) is 1.67. The van der Waals surface area contributed by atoms with E-state index in [2.05, 4.69) is 0 Å². The number of rotatable bonds is 5. The van der Waals surface area contributed by atoms with Gasteiger partial charge in [0.2, 0.25) is 5.78 Å². The van der Waals surface area contributed by atoms with E-state index in [0.717, 1.165) is 0 Å². The average Bonchev–Trinajstić information content (AvgIpc) is 2.65. The number of Topliss-reactive ketones (excluding diaryl/α,β-unsaturated/α-hetero) is 1. The smallest absolute Gasteiger partial charge is 0.203 e. The molecule has 0 N–H and O–H groups in total. The zero-order valence-electron chi connectivity index (χ0n) is 10.0. The van der Waals surface area contributed by atoms with Crippen LogP contribution in [0.4, 0.5) is 0 Å². The Morgan fingerprint density at radius 3 is 2.89 bits per heavy atom. The second kappa shape index (κ2) is 4.97. The first-order chi connectivity index (χ1) is 8.46. The molecule has 98 valence electrons. The maximum Gasteiger partial charge on any atom is 0.203 e. The largest absolute Gasteiger partial charge is 0.493 e. The second-order valence-corrected chi connectivity index (χ2v) is 6.46. The summed E-state index contributed by atoms with van der Waals surface area (Å²) < 4.78 is 32.4. The van der Waals surface area contributed by atoms with Crippen LogP contribution in [0.15, 0.2) is 18.2 Å². The normalized spacial score (nSPS) is 14.2. The van der Waals surface area contributed by atoms with Crippen LogP contribution in [0.25, 0.3) is 0 Å². The van der Waals surface area contributed by atoms with Crippen molar-refractivity contribution in [1.82, 2.24) is 0 Å². The number of sulfone groups is 1. The second-order valence-electron chi connectivity index (χ2n) is 4.20. The summed E-state index contributed by atoms with van der Waals surface area (Å²) in [5.41, 5.74) is 0.568. The molecule has 0 unspecified atom stereocenters. The van der Waals surface area contributed by atoms with Gasteiger partial charge in [0, 0.05) is 12.3 Å². The van der Waals surface area contributed by atoms with Crippen LogP contribution in [-0.4, -0.2) is 39.4 Å². The van der Waals surface area contributed by atoms with Crippen molar-refractivity contribution < 1.29 is 22.7 Å². The van der Waals surface area contributed by atoms with Gasteiger partial charge in [-0.1, -0.05) is 0 Å². The molecule has 0 bridgehead atoms. The van der Waals surface area contributed by atoms with Gasteiger partial charge >= 0.3 is 0 Å². The zero-order valence-corrected chi connectivity index (χ0v) is 10.8. The van der Waals surface area contributed by atoms with Gasteiger partial charge in [-0.25, -0.2) is 8.42 Å². The highest BCUT2D eigenvalue weighted by atomic mass is 32.2. The standard InChI is InChI=1S/C12H14O5S/c1-18(14,15)6-2-5-16-9-3-4-10-11(13)8-17-12(10)7-9/h3-4,7H,2,5-6,8H2,1H3. The molecule has 1 heterocycles. The monoisotopic (exact) mass is 270 g/mol. The average molecular weight is 270 g/mol. The quantitative estimate of drug-likeness (QED) is 0.749. The lowest BCUT2D eigenvalue weighted by Gasteiger charge is -2.06. The highest BCUT2D eigenvalue weighted by molar-refractivity contribution is 7.90. The van der Waals surface area contributed by atoms with Crippen LogP contribution in [0, 0.1) is 0 Å². The van der Waals surface area contributed by atoms with Crippen molar-refractivity contribution in [2.24, 2.45) is 0 Å². The van der Waals surface area contributed by atoms with Crippen LogP contribution in [-0.2, 0) is 9.84 Å². The van der Waals surface area contributed by atoms with Crippen LogP contribution in [0.5, 0.6) is 11.5 Å². The van der Waals surface area contributed by atoms with Crippen molar-refractivity contribution >= 4 is 15.6 Å². The van der Waals surface area contributed by atoms with Crippen LogP contribution < -0.4 is 9.47 Å². The lowest BCUT2D eigenvalue weighted by molar-refractivity contribution is 0.0961. The van der Waals surface area contributed by atoms with Crippen molar-refractivity contribution in [3.8, 4) is 11.5 Å². The lowest BCUT2D eigenvalue weighted by Crippen LogP contribution is -2.08. The minimum atomic E-state index is -2.94. The first-order valence-electron chi connectivity index (χ1n) is 5.56. The Hall–Kier alpha value is -1.56. The Morgan fingerprint density at radius 1 is 1.39 bits per heavy atom. The number of hydrogen-bond donors (Lipinski definition) is 0. The Labute approximate surface area is 106 Å². The van der Waals surface area contributed by atoms with Crippen molar-refractivity contribution in [2.45, 2.75) is 6.42 Å². The fraction of sp³-hybridized carbons (Fsp3) is 0.417. The summed E-state index contributed by atoms with van der Waals surface area (Å²) in [6, 6.07) is 5.00. The number of ketones is 1. The molecule has 0 atom stereocenters. The van der Waals surface area contributed by atoms with E-state index < -0.39 is 9.84 Å². The summed E-state index contributed by atoms with van der Waals surface area (Å²) in [5.74, 6) is 1.18. The molecule has 1 aromatic carbocycles. The van der Waals surface area contributed by atoms with E-state index in [9.17, 15) is 13.2 Å². The van der Waals surface area contributed by atoms with Crippen molar-refractivity contribution in [3.05, 3.63) is 23.8 Å². The molecule has 2 rings (SSSR count). The highest BCUT2D eigenvalue weighted by Crippen LogP contribution is 2.29. The van der Waals surface area contributed by atoms with Gasteiger partial charge in [0.05, 0.1) is 17.9 Å². The molecular weight excluding hydrogens is 256 g/mol. The molecule has 1 aliphatic heterocycles. The molecule has 6 heteroatoms. The van der Waals surface area contributed by atoms with Gasteiger partial charge in [-0.05, 0) is 18.6 Å². The van der Waals surface area contributed by atoms with Gasteiger partial charge < -0.3 is 9.47 Å². The Bertz CT molecular complexity index is 562. The Balaban J connectivity index is 1.90. The van der Waals surface area contributed by atoms with Crippen molar-refractivity contribution in [1.29, 1.82) is 0 Å². The molecule has 0 fully saturated rings. The van der Waals surface area contributed by atoms with E-state index in [1.165, 1.54) is 6.26 Å². The van der Waals surface area contributed by atoms with Crippen LogP contribution in [0.1, 0.15) is 16.8 Å². The molecule has 0 aliphatic carbocycles. The number of ether oxygens (including phenoxy) is 2. The van der Waals surface area contributed by atoms with Gasteiger partial charge in [-0.3, -0.25) is 4.79 Å². The molecule has 0 aromatic heterocycles. The number of carbonyl (C=O) groups excluding carboxylic acids is 1. The molecule has 18 heavy (non-hydrogen) atoms. The van der Waals surface area contributed by atoms with E-state index >= 15 is 0 Å². The third kappa shape index (κ3) is 3.22. The number of hydrogen-bond acceptors (Lipinski definition) is 5. The summed E-state index contributed by atoms with van der Waals surface area (Å²) in [6.45, 7) is 0.396. The summed E-state index contributed by atoms with van der Waals surface area (Å²) >= 11 is 0. The molecule has 5 nitrogen and oxygen atoms in total. The van der Waals surface area contributed by atoms with E-state index in [0.29, 0.717) is 30.1 Å². The van der Waals surface area contributed by atoms with Gasteiger partial charge in [-0.2, -0.15) is 0 Å². The van der Waals surface area contributed by atoms with Crippen LogP contribution in [0.2, 0.25) is 0 Å². The summed E-state index contributed by atoms with van der Waals surface area (Å²) in [7, 11) is -2.94. The molecule has 1 aromatic rings. The van der Waals surface area contributed by atoms with Crippen molar-refractivity contribution in [3.63, 3.8) is 0 Å².